The van der Waals surface area contributed by atoms with Crippen LogP contribution in [0.1, 0.15) is 25.8 Å². The van der Waals surface area contributed by atoms with Gasteiger partial charge in [0, 0.05) is 95.5 Å². The normalized spacial score (nSPS) is 9.50. The van der Waals surface area contributed by atoms with Crippen molar-refractivity contribution in [3.05, 3.63) is 75.0 Å². The molecule has 2 aromatic rings. The quantitative estimate of drug-likeness (QED) is 0.203. The maximum Gasteiger partial charge on any atom is 0.304 e. The number of hydrogen-bond donors (Lipinski definition) is 3. The number of hydrogen-bond acceptors (Lipinski definition) is 5. The van der Waals surface area contributed by atoms with E-state index in [0.29, 0.717) is 12.3 Å². The Bertz CT molecular complexity index is 780. The van der Waals surface area contributed by atoms with Crippen LogP contribution in [0.2, 0.25) is 0 Å². The molecule has 32 heavy (non-hydrogen) atoms. The molecule has 0 aromatic heterocycles. The number of benzene rings is 2. The predicted molar refractivity (Wildman–Crippen MR) is 112 cm³/mol. The Morgan fingerprint density at radius 1 is 1.00 bits per heavy atom. The van der Waals surface area contributed by atoms with Crippen LogP contribution < -0.4 is 10.2 Å². The molecule has 0 fully saturated rings. The number of para-hydroxylation sites is 1. The Labute approximate surface area is 252 Å². The smallest absolute Gasteiger partial charge is 0.304 e. The number of ether oxygens (including phenoxy) is 1. The third-order valence-corrected chi connectivity index (χ3v) is 4.32. The summed E-state index contributed by atoms with van der Waals surface area (Å²) >= 11 is 0. The van der Waals surface area contributed by atoms with Gasteiger partial charge in [-0.25, -0.2) is 5.48 Å². The molecule has 172 valence electrons. The first-order valence-electron chi connectivity index (χ1n) is 8.56. The molecule has 0 heterocycles. The molecule has 2 aromatic carbocycles. The molecule has 0 unspecified atom stereocenters. The number of carbonyl (C=O) groups is 2. The summed E-state index contributed by atoms with van der Waals surface area (Å²) in [6.45, 7) is 3.78. The monoisotopic (exact) mass is 780 g/mol. The van der Waals surface area contributed by atoms with Gasteiger partial charge in [0.2, 0.25) is 0 Å². The Morgan fingerprint density at radius 2 is 1.50 bits per heavy atom. The average Bonchev–Trinajstić information content (AvgIpc) is 2.66. The van der Waals surface area contributed by atoms with Gasteiger partial charge < -0.3 is 24.7 Å². The number of nitrogens with one attached hydrogen (secondary N) is 1. The molecule has 3 N–H and O–H groups in total. The van der Waals surface area contributed by atoms with Gasteiger partial charge in [0.1, 0.15) is 11.5 Å². The van der Waals surface area contributed by atoms with Gasteiger partial charge in [0.05, 0.1) is 12.0 Å². The van der Waals surface area contributed by atoms with E-state index in [9.17, 15) is 9.59 Å². The molecule has 0 spiro atoms. The van der Waals surface area contributed by atoms with Gasteiger partial charge >= 0.3 is 5.97 Å². The van der Waals surface area contributed by atoms with Crippen LogP contribution in [0.25, 0.3) is 0 Å². The van der Waals surface area contributed by atoms with Crippen molar-refractivity contribution in [3.8, 4) is 11.5 Å². The standard InChI is InChI=1S/C20H24N2O5.2CH3.U.V.Y/c1-20(2,19(25)21-26)22(13-12-18(23)24)14-15-8-10-17(11-9-15)27-16-6-4-3-5-7-16;;;;;/h3-11,26H,12-14H2,1-2H3,(H,21,25)(H,23,24);2*1H3;;;/q;2*-1;;;. The van der Waals surface area contributed by atoms with Crippen molar-refractivity contribution < 1.29 is 107 Å². The summed E-state index contributed by atoms with van der Waals surface area (Å²) in [5, 5.41) is 18.0. The molecule has 0 saturated heterocycles. The van der Waals surface area contributed by atoms with E-state index in [2.05, 4.69) is 0 Å². The van der Waals surface area contributed by atoms with Gasteiger partial charge in [-0.3, -0.25) is 19.7 Å². The van der Waals surface area contributed by atoms with Crippen LogP contribution in [0.15, 0.2) is 54.6 Å². The number of carboxylic acid groups (broad SMARTS) is 1. The fourth-order valence-electron chi connectivity index (χ4n) is 2.58. The van der Waals surface area contributed by atoms with E-state index in [1.54, 1.807) is 24.2 Å². The van der Waals surface area contributed by atoms with Crippen LogP contribution in [-0.2, 0) is 67.4 Å². The van der Waals surface area contributed by atoms with Crippen molar-refractivity contribution in [2.45, 2.75) is 32.4 Å². The van der Waals surface area contributed by atoms with Gasteiger partial charge in [0.15, 0.2) is 0 Å². The molecular weight excluding hydrogens is 750 g/mol. The van der Waals surface area contributed by atoms with Crippen LogP contribution in [0.4, 0.5) is 0 Å². The van der Waals surface area contributed by atoms with Crippen molar-refractivity contribution in [1.29, 1.82) is 0 Å². The summed E-state index contributed by atoms with van der Waals surface area (Å²) in [6, 6.07) is 16.8. The third kappa shape index (κ3) is 12.3. The molecule has 0 saturated carbocycles. The molecule has 7 nitrogen and oxygen atoms in total. The van der Waals surface area contributed by atoms with Gasteiger partial charge in [0.25, 0.3) is 5.91 Å². The number of amides is 1. The van der Waals surface area contributed by atoms with Crippen molar-refractivity contribution >= 4 is 11.9 Å². The minimum atomic E-state index is -1.08. The second-order valence-electron chi connectivity index (χ2n) is 6.62. The maximum absolute atomic E-state index is 12.0. The number of carboxylic acids is 1. The topological polar surface area (TPSA) is 99.1 Å². The predicted octanol–water partition coefficient (Wildman–Crippen LogP) is 3.94. The van der Waals surface area contributed by atoms with Crippen LogP contribution in [0.5, 0.6) is 11.5 Å². The molecule has 2 radical (unpaired) electrons. The first-order chi connectivity index (χ1) is 12.8. The van der Waals surface area contributed by atoms with Crippen molar-refractivity contribution in [1.82, 2.24) is 10.4 Å². The van der Waals surface area contributed by atoms with E-state index < -0.39 is 17.4 Å². The Balaban J connectivity index is -0.000000784. The largest absolute Gasteiger partial charge is 0.481 e. The molecule has 10 heteroatoms. The molecule has 0 aliphatic heterocycles. The summed E-state index contributed by atoms with van der Waals surface area (Å²) < 4.78 is 5.75. The fourth-order valence-corrected chi connectivity index (χ4v) is 2.58. The van der Waals surface area contributed by atoms with Crippen molar-refractivity contribution in [2.75, 3.05) is 6.54 Å². The summed E-state index contributed by atoms with van der Waals surface area (Å²) in [5.74, 6) is -0.146. The summed E-state index contributed by atoms with van der Waals surface area (Å²) in [7, 11) is 0. The maximum atomic E-state index is 12.0. The van der Waals surface area contributed by atoms with E-state index in [0.717, 1.165) is 11.3 Å². The van der Waals surface area contributed by atoms with Crippen LogP contribution >= 0.6 is 0 Å². The zero-order valence-corrected chi connectivity index (χ0v) is 27.3. The second kappa shape index (κ2) is 19.2. The molecule has 0 aliphatic rings. The average molecular weight is 780 g/mol. The van der Waals surface area contributed by atoms with Crippen LogP contribution in [0.3, 0.4) is 0 Å². The van der Waals surface area contributed by atoms with Gasteiger partial charge in [-0.2, -0.15) is 0 Å². The molecule has 0 aliphatic carbocycles. The number of nitrogens with zero attached hydrogens (tertiary/aromatic N) is 1. The summed E-state index contributed by atoms with van der Waals surface area (Å²) in [4.78, 5) is 24.7. The van der Waals surface area contributed by atoms with E-state index in [1.807, 2.05) is 54.6 Å². The first-order valence-corrected chi connectivity index (χ1v) is 8.56. The first kappa shape index (κ1) is 39.1. The van der Waals surface area contributed by atoms with E-state index in [-0.39, 0.29) is 110 Å². The Hall–Kier alpha value is -0.160. The van der Waals surface area contributed by atoms with Gasteiger partial charge in [-0.05, 0) is 43.7 Å². The second-order valence-corrected chi connectivity index (χ2v) is 6.62. The number of rotatable bonds is 9. The zero-order chi connectivity index (χ0) is 19.9. The molecule has 1 amide bonds. The fraction of sp³-hybridized carbons (Fsp3) is 0.273. The minimum Gasteiger partial charge on any atom is -0.481 e. The number of carbonyl (C=O) groups excluding carboxylic acids is 1. The van der Waals surface area contributed by atoms with Gasteiger partial charge in [-0.15, -0.1) is 0 Å². The third-order valence-electron chi connectivity index (χ3n) is 4.32. The molecular formula is C22H30N2O5UVY-2. The SMILES string of the molecule is CC(C)(C(=O)NO)N(CCC(=O)O)Cc1ccc(Oc2ccccc2)cc1.[CH3-].[CH3-].[U].[V].[Y]. The molecule has 0 atom stereocenters. The number of aliphatic carboxylic acids is 1. The van der Waals surface area contributed by atoms with Gasteiger partial charge in [-0.1, -0.05) is 30.3 Å². The number of hydroxylamine groups is 1. The Kier molecular flexibility index (Phi) is 23.4. The zero-order valence-electron chi connectivity index (χ0n) is 18.9. The molecule has 0 bridgehead atoms. The van der Waals surface area contributed by atoms with Crippen LogP contribution in [-0.4, -0.2) is 39.2 Å². The molecule has 2 rings (SSSR count). The summed E-state index contributed by atoms with van der Waals surface area (Å²) in [6.07, 6.45) is -0.114. The van der Waals surface area contributed by atoms with E-state index in [1.165, 1.54) is 0 Å². The van der Waals surface area contributed by atoms with Crippen molar-refractivity contribution in [2.24, 2.45) is 0 Å². The van der Waals surface area contributed by atoms with Crippen LogP contribution in [0, 0.1) is 46.0 Å². The Morgan fingerprint density at radius 3 is 1.97 bits per heavy atom. The van der Waals surface area contributed by atoms with Crippen molar-refractivity contribution in [3.63, 3.8) is 0 Å². The minimum absolute atomic E-state index is 0. The van der Waals surface area contributed by atoms with E-state index >= 15 is 0 Å². The summed E-state index contributed by atoms with van der Waals surface area (Å²) in [5.41, 5.74) is 1.46. The van der Waals surface area contributed by atoms with E-state index in [4.69, 9.17) is 15.1 Å².